The summed E-state index contributed by atoms with van der Waals surface area (Å²) in [5.41, 5.74) is 0.751. The number of nitrogens with zero attached hydrogens (tertiary/aromatic N) is 1. The average molecular weight is 351 g/mol. The molecule has 2 aromatic carbocycles. The highest BCUT2D eigenvalue weighted by Gasteiger charge is 2.26. The predicted molar refractivity (Wildman–Crippen MR) is 87.1 cm³/mol. The van der Waals surface area contributed by atoms with E-state index in [1.54, 1.807) is 25.1 Å². The van der Waals surface area contributed by atoms with Gasteiger partial charge in [-0.25, -0.2) is 12.8 Å². The monoisotopic (exact) mass is 351 g/mol. The van der Waals surface area contributed by atoms with Crippen LogP contribution in [0.2, 0.25) is 0 Å². The van der Waals surface area contributed by atoms with Gasteiger partial charge in [0.2, 0.25) is 10.0 Å². The molecule has 0 aromatic heterocycles. The van der Waals surface area contributed by atoms with Crippen molar-refractivity contribution in [2.45, 2.75) is 18.4 Å². The average Bonchev–Trinajstić information content (AvgIpc) is 2.59. The first kappa shape index (κ1) is 16.7. The lowest BCUT2D eigenvalue weighted by Crippen LogP contribution is -2.31. The Balaban J connectivity index is 1.88. The fourth-order valence-electron chi connectivity index (χ4n) is 2.55. The lowest BCUT2D eigenvalue weighted by atomic mass is 10.2. The van der Waals surface area contributed by atoms with E-state index < -0.39 is 15.8 Å². The Morgan fingerprint density at radius 1 is 1.08 bits per heavy atom. The van der Waals surface area contributed by atoms with Gasteiger partial charge in [-0.2, -0.15) is 4.31 Å². The molecule has 0 aliphatic carbocycles. The van der Waals surface area contributed by atoms with Crippen molar-refractivity contribution in [1.82, 2.24) is 4.31 Å². The summed E-state index contributed by atoms with van der Waals surface area (Å²) in [5.74, 6) is 0.487. The van der Waals surface area contributed by atoms with Gasteiger partial charge in [0, 0.05) is 13.1 Å². The Morgan fingerprint density at radius 2 is 1.79 bits per heavy atom. The van der Waals surface area contributed by atoms with Crippen molar-refractivity contribution in [3.8, 4) is 11.5 Å². The van der Waals surface area contributed by atoms with Crippen LogP contribution < -0.4 is 9.47 Å². The summed E-state index contributed by atoms with van der Waals surface area (Å²) >= 11 is 0. The molecule has 0 amide bonds. The third kappa shape index (κ3) is 3.22. The van der Waals surface area contributed by atoms with Gasteiger partial charge >= 0.3 is 0 Å². The van der Waals surface area contributed by atoms with E-state index in [4.69, 9.17) is 9.47 Å². The number of benzene rings is 2. The molecule has 0 bridgehead atoms. The molecule has 0 saturated heterocycles. The van der Waals surface area contributed by atoms with Crippen LogP contribution in [-0.2, 0) is 16.6 Å². The molecule has 1 aliphatic rings. The standard InChI is InChI=1S/C17H18FNO4S/c1-2-19(24(20,21)17-6-4-3-5-14(17)18)12-13-7-8-15-16(11-13)23-10-9-22-15/h3-8,11H,2,9-10,12H2,1H3. The number of halogens is 1. The largest absolute Gasteiger partial charge is 0.486 e. The van der Waals surface area contributed by atoms with Crippen LogP contribution in [0.3, 0.4) is 0 Å². The normalized spacial score (nSPS) is 14.0. The molecule has 0 spiro atoms. The molecular weight excluding hydrogens is 333 g/mol. The molecule has 24 heavy (non-hydrogen) atoms. The number of hydrogen-bond donors (Lipinski definition) is 0. The van der Waals surface area contributed by atoms with Gasteiger partial charge in [-0.05, 0) is 29.8 Å². The van der Waals surface area contributed by atoms with Gasteiger partial charge in [0.15, 0.2) is 11.5 Å². The first-order valence-corrected chi connectivity index (χ1v) is 9.09. The SMILES string of the molecule is CCN(Cc1ccc2c(c1)OCCO2)S(=O)(=O)c1ccccc1F. The maximum absolute atomic E-state index is 13.9. The van der Waals surface area contributed by atoms with Crippen molar-refractivity contribution in [1.29, 1.82) is 0 Å². The molecule has 0 unspecified atom stereocenters. The fraction of sp³-hybridized carbons (Fsp3) is 0.294. The smallest absolute Gasteiger partial charge is 0.246 e. The van der Waals surface area contributed by atoms with Crippen LogP contribution in [0.1, 0.15) is 12.5 Å². The lowest BCUT2D eigenvalue weighted by molar-refractivity contribution is 0.171. The number of sulfonamides is 1. The third-order valence-electron chi connectivity index (χ3n) is 3.77. The number of rotatable bonds is 5. The molecule has 1 heterocycles. The van der Waals surface area contributed by atoms with Crippen molar-refractivity contribution in [3.63, 3.8) is 0 Å². The molecule has 2 aromatic rings. The number of fused-ring (bicyclic) bond motifs is 1. The summed E-state index contributed by atoms with van der Waals surface area (Å²) in [6.07, 6.45) is 0. The highest BCUT2D eigenvalue weighted by molar-refractivity contribution is 7.89. The molecule has 0 N–H and O–H groups in total. The van der Waals surface area contributed by atoms with Gasteiger partial charge < -0.3 is 9.47 Å². The van der Waals surface area contributed by atoms with Crippen LogP contribution in [-0.4, -0.2) is 32.5 Å². The van der Waals surface area contributed by atoms with Crippen LogP contribution in [0.15, 0.2) is 47.4 Å². The molecule has 1 aliphatic heterocycles. The van der Waals surface area contributed by atoms with Crippen LogP contribution in [0.4, 0.5) is 4.39 Å². The Labute approximate surface area is 140 Å². The summed E-state index contributed by atoms with van der Waals surface area (Å²) in [7, 11) is -3.92. The van der Waals surface area contributed by atoms with Gasteiger partial charge in [0.05, 0.1) is 0 Å². The van der Waals surface area contributed by atoms with Gasteiger partial charge in [-0.15, -0.1) is 0 Å². The summed E-state index contributed by atoms with van der Waals surface area (Å²) in [5, 5.41) is 0. The third-order valence-corrected chi connectivity index (χ3v) is 5.73. The van der Waals surface area contributed by atoms with Gasteiger partial charge in [0.1, 0.15) is 23.9 Å². The zero-order chi connectivity index (χ0) is 17.2. The van der Waals surface area contributed by atoms with E-state index in [2.05, 4.69) is 0 Å². The van der Waals surface area contributed by atoms with Crippen LogP contribution in [0.25, 0.3) is 0 Å². The van der Waals surface area contributed by atoms with Gasteiger partial charge in [0.25, 0.3) is 0 Å². The minimum atomic E-state index is -3.92. The Hall–Kier alpha value is -2.12. The number of ether oxygens (including phenoxy) is 2. The predicted octanol–water partition coefficient (Wildman–Crippen LogP) is 2.81. The molecule has 3 rings (SSSR count). The van der Waals surface area contributed by atoms with Crippen molar-refractivity contribution >= 4 is 10.0 Å². The molecule has 0 radical (unpaired) electrons. The maximum atomic E-state index is 13.9. The van der Waals surface area contributed by atoms with Crippen LogP contribution in [0, 0.1) is 5.82 Å². The maximum Gasteiger partial charge on any atom is 0.246 e. The first-order chi connectivity index (χ1) is 11.5. The molecular formula is C17H18FNO4S. The van der Waals surface area contributed by atoms with E-state index in [-0.39, 0.29) is 18.0 Å². The highest BCUT2D eigenvalue weighted by atomic mass is 32.2. The van der Waals surface area contributed by atoms with E-state index in [1.807, 2.05) is 0 Å². The minimum absolute atomic E-state index is 0.129. The number of hydrogen-bond acceptors (Lipinski definition) is 4. The lowest BCUT2D eigenvalue weighted by Gasteiger charge is -2.23. The summed E-state index contributed by atoms with van der Waals surface area (Å²) in [6, 6.07) is 10.7. The molecule has 0 fully saturated rings. The Bertz CT molecular complexity index is 838. The van der Waals surface area contributed by atoms with Crippen LogP contribution in [0.5, 0.6) is 11.5 Å². The van der Waals surface area contributed by atoms with Crippen molar-refractivity contribution in [3.05, 3.63) is 53.8 Å². The second-order valence-electron chi connectivity index (χ2n) is 5.34. The molecule has 7 heteroatoms. The quantitative estimate of drug-likeness (QED) is 0.831. The molecule has 0 atom stereocenters. The van der Waals surface area contributed by atoms with E-state index in [0.29, 0.717) is 24.7 Å². The van der Waals surface area contributed by atoms with Crippen LogP contribution >= 0.6 is 0 Å². The second kappa shape index (κ2) is 6.78. The first-order valence-electron chi connectivity index (χ1n) is 7.65. The van der Waals surface area contributed by atoms with Gasteiger partial charge in [-0.3, -0.25) is 0 Å². The summed E-state index contributed by atoms with van der Waals surface area (Å²) in [6.45, 7) is 3.03. The van der Waals surface area contributed by atoms with Gasteiger partial charge in [-0.1, -0.05) is 25.1 Å². The molecule has 5 nitrogen and oxygen atoms in total. The fourth-order valence-corrected chi connectivity index (χ4v) is 4.05. The zero-order valence-corrected chi connectivity index (χ0v) is 14.1. The topological polar surface area (TPSA) is 55.8 Å². The van der Waals surface area contributed by atoms with E-state index in [9.17, 15) is 12.8 Å². The second-order valence-corrected chi connectivity index (χ2v) is 7.25. The van der Waals surface area contributed by atoms with E-state index in [0.717, 1.165) is 11.6 Å². The molecule has 128 valence electrons. The minimum Gasteiger partial charge on any atom is -0.486 e. The Morgan fingerprint density at radius 3 is 2.50 bits per heavy atom. The Kier molecular flexibility index (Phi) is 4.73. The molecule has 0 saturated carbocycles. The van der Waals surface area contributed by atoms with Crippen molar-refractivity contribution in [2.75, 3.05) is 19.8 Å². The van der Waals surface area contributed by atoms with Crippen molar-refractivity contribution in [2.24, 2.45) is 0 Å². The highest BCUT2D eigenvalue weighted by Crippen LogP contribution is 2.31. The summed E-state index contributed by atoms with van der Waals surface area (Å²) in [4.78, 5) is -0.315. The van der Waals surface area contributed by atoms with Crippen molar-refractivity contribution < 1.29 is 22.3 Å². The summed E-state index contributed by atoms with van der Waals surface area (Å²) < 4.78 is 51.5. The zero-order valence-electron chi connectivity index (χ0n) is 13.2. The van der Waals surface area contributed by atoms with E-state index >= 15 is 0 Å². The van der Waals surface area contributed by atoms with E-state index in [1.165, 1.54) is 22.5 Å².